The summed E-state index contributed by atoms with van der Waals surface area (Å²) in [4.78, 5) is 26.9. The summed E-state index contributed by atoms with van der Waals surface area (Å²) < 4.78 is 0. The molecular weight excluding hydrogens is 322 g/mol. The summed E-state index contributed by atoms with van der Waals surface area (Å²) in [5.41, 5.74) is 3.27. The second-order valence-electron chi connectivity index (χ2n) is 6.20. The van der Waals surface area contributed by atoms with Crippen molar-refractivity contribution >= 4 is 23.8 Å². The number of benzene rings is 2. The summed E-state index contributed by atoms with van der Waals surface area (Å²) in [7, 11) is 0. The lowest BCUT2D eigenvalue weighted by molar-refractivity contribution is -0.125. The Labute approximate surface area is 154 Å². The van der Waals surface area contributed by atoms with E-state index in [0.717, 1.165) is 16.7 Å². The summed E-state index contributed by atoms with van der Waals surface area (Å²) in [6.07, 6.45) is 5.62. The van der Waals surface area contributed by atoms with Gasteiger partial charge in [-0.25, -0.2) is 0 Å². The molecule has 1 saturated heterocycles. The molecule has 2 aromatic rings. The van der Waals surface area contributed by atoms with E-state index in [4.69, 9.17) is 0 Å². The molecule has 3 heteroatoms. The third-order valence-electron chi connectivity index (χ3n) is 4.36. The molecule has 0 atom stereocenters. The zero-order valence-electron chi connectivity index (χ0n) is 14.6. The minimum atomic E-state index is -0.155. The fourth-order valence-corrected chi connectivity index (χ4v) is 3.00. The van der Waals surface area contributed by atoms with E-state index in [1.54, 1.807) is 4.90 Å². The molecule has 0 saturated carbocycles. The fraction of sp³-hybridized carbons (Fsp3) is 0.130. The van der Waals surface area contributed by atoms with Gasteiger partial charge in [0, 0.05) is 24.2 Å². The Morgan fingerprint density at radius 3 is 1.96 bits per heavy atom. The average molecular weight is 343 g/mol. The Morgan fingerprint density at radius 2 is 1.42 bits per heavy atom. The molecule has 3 nitrogen and oxygen atoms in total. The van der Waals surface area contributed by atoms with Gasteiger partial charge in [0.25, 0.3) is 0 Å². The van der Waals surface area contributed by atoms with Crippen molar-refractivity contribution < 1.29 is 9.59 Å². The van der Waals surface area contributed by atoms with Crippen LogP contribution in [-0.4, -0.2) is 29.7 Å². The number of nitrogens with zero attached hydrogens (tertiary/aromatic N) is 1. The number of carbonyl (C=O) groups is 2. The molecule has 26 heavy (non-hydrogen) atoms. The number of carbonyl (C=O) groups excluding carboxylic acids is 2. The molecule has 1 amide bonds. The maximum Gasteiger partial charge on any atom is 0.246 e. The first-order valence-corrected chi connectivity index (χ1v) is 8.64. The first-order valence-electron chi connectivity index (χ1n) is 8.64. The van der Waals surface area contributed by atoms with Crippen molar-refractivity contribution in [2.75, 3.05) is 13.1 Å². The van der Waals surface area contributed by atoms with E-state index in [1.807, 2.05) is 72.8 Å². The van der Waals surface area contributed by atoms with Crippen molar-refractivity contribution in [2.24, 2.45) is 0 Å². The SMILES string of the molecule is C=CC(=O)N1CC/C(=C\c2ccccc2)C(=O)/C(=C/c2ccccc2)C1. The Hall–Kier alpha value is -3.20. The third-order valence-corrected chi connectivity index (χ3v) is 4.36. The topological polar surface area (TPSA) is 37.4 Å². The largest absolute Gasteiger partial charge is 0.334 e. The van der Waals surface area contributed by atoms with Gasteiger partial charge in [-0.1, -0.05) is 67.2 Å². The molecule has 0 radical (unpaired) electrons. The third kappa shape index (κ3) is 4.25. The van der Waals surface area contributed by atoms with Crippen LogP contribution >= 0.6 is 0 Å². The lowest BCUT2D eigenvalue weighted by Gasteiger charge is -2.18. The first-order chi connectivity index (χ1) is 12.7. The smallest absolute Gasteiger partial charge is 0.246 e. The Bertz CT molecular complexity index is 864. The molecule has 2 aromatic carbocycles. The van der Waals surface area contributed by atoms with Crippen LogP contribution in [0.5, 0.6) is 0 Å². The van der Waals surface area contributed by atoms with Crippen LogP contribution in [0.4, 0.5) is 0 Å². The molecule has 0 N–H and O–H groups in total. The molecule has 0 unspecified atom stereocenters. The minimum absolute atomic E-state index is 0.00271. The van der Waals surface area contributed by atoms with Gasteiger partial charge in [0.15, 0.2) is 5.78 Å². The van der Waals surface area contributed by atoms with Crippen LogP contribution in [0, 0.1) is 0 Å². The molecule has 130 valence electrons. The van der Waals surface area contributed by atoms with Gasteiger partial charge in [0.1, 0.15) is 0 Å². The lowest BCUT2D eigenvalue weighted by Crippen LogP contribution is -2.31. The van der Waals surface area contributed by atoms with Crippen molar-refractivity contribution in [1.82, 2.24) is 4.90 Å². The van der Waals surface area contributed by atoms with Crippen molar-refractivity contribution in [1.29, 1.82) is 0 Å². The van der Waals surface area contributed by atoms with Crippen LogP contribution < -0.4 is 0 Å². The molecule has 0 bridgehead atoms. The predicted molar refractivity (Wildman–Crippen MR) is 105 cm³/mol. The van der Waals surface area contributed by atoms with Gasteiger partial charge in [-0.3, -0.25) is 9.59 Å². The van der Waals surface area contributed by atoms with Crippen LogP contribution in [0.15, 0.2) is 84.5 Å². The average Bonchev–Trinajstić information content (AvgIpc) is 2.83. The standard InChI is InChI=1S/C23H21NO2/c1-2-22(25)24-14-13-20(15-18-9-5-3-6-10-18)23(26)21(17-24)16-19-11-7-4-8-12-19/h2-12,15-16H,1,13-14,17H2/b20-15+,21-16+. The van der Waals surface area contributed by atoms with Gasteiger partial charge in [-0.15, -0.1) is 0 Å². The molecular formula is C23H21NO2. The highest BCUT2D eigenvalue weighted by Gasteiger charge is 2.25. The van der Waals surface area contributed by atoms with E-state index >= 15 is 0 Å². The summed E-state index contributed by atoms with van der Waals surface area (Å²) in [5.74, 6) is -0.158. The van der Waals surface area contributed by atoms with E-state index in [2.05, 4.69) is 6.58 Å². The fourth-order valence-electron chi connectivity index (χ4n) is 3.00. The second-order valence-corrected chi connectivity index (χ2v) is 6.20. The Balaban J connectivity index is 2.00. The van der Waals surface area contributed by atoms with Crippen molar-refractivity contribution in [2.45, 2.75) is 6.42 Å². The number of amides is 1. The maximum absolute atomic E-state index is 13.1. The number of ketones is 1. The predicted octanol–water partition coefficient (Wildman–Crippen LogP) is 4.14. The molecule has 3 rings (SSSR count). The summed E-state index contributed by atoms with van der Waals surface area (Å²) in [6.45, 7) is 4.37. The molecule has 1 heterocycles. The van der Waals surface area contributed by atoms with Crippen molar-refractivity contribution in [3.05, 3.63) is 95.6 Å². The Morgan fingerprint density at radius 1 is 0.885 bits per heavy atom. The maximum atomic E-state index is 13.1. The molecule has 0 aliphatic carbocycles. The number of hydrogen-bond donors (Lipinski definition) is 0. The van der Waals surface area contributed by atoms with Crippen molar-refractivity contribution in [3.8, 4) is 0 Å². The second kappa shape index (κ2) is 8.26. The molecule has 0 aromatic heterocycles. The number of rotatable bonds is 3. The van der Waals surface area contributed by atoms with Gasteiger partial charge >= 0.3 is 0 Å². The normalized spacial score (nSPS) is 18.0. The van der Waals surface area contributed by atoms with Crippen molar-refractivity contribution in [3.63, 3.8) is 0 Å². The van der Waals surface area contributed by atoms with E-state index in [0.29, 0.717) is 25.1 Å². The van der Waals surface area contributed by atoms with Crippen LogP contribution in [-0.2, 0) is 9.59 Å². The number of Topliss-reactive ketones (excluding diaryl/α,β-unsaturated/α-hetero) is 1. The molecule has 1 fully saturated rings. The van der Waals surface area contributed by atoms with Gasteiger partial charge in [-0.2, -0.15) is 0 Å². The quantitative estimate of drug-likeness (QED) is 0.786. The van der Waals surface area contributed by atoms with E-state index in [-0.39, 0.29) is 11.7 Å². The minimum Gasteiger partial charge on any atom is -0.334 e. The first kappa shape index (κ1) is 17.6. The molecule has 0 spiro atoms. The van der Waals surface area contributed by atoms with Gasteiger partial charge in [-0.05, 0) is 35.8 Å². The Kier molecular flexibility index (Phi) is 5.59. The highest BCUT2D eigenvalue weighted by Crippen LogP contribution is 2.22. The number of likely N-dealkylation sites (tertiary alicyclic amines) is 1. The zero-order valence-corrected chi connectivity index (χ0v) is 14.6. The van der Waals surface area contributed by atoms with Gasteiger partial charge in [0.05, 0.1) is 0 Å². The molecule has 1 aliphatic heterocycles. The van der Waals surface area contributed by atoms with Crippen LogP contribution in [0.25, 0.3) is 12.2 Å². The van der Waals surface area contributed by atoms with Gasteiger partial charge < -0.3 is 4.90 Å². The van der Waals surface area contributed by atoms with E-state index in [1.165, 1.54) is 6.08 Å². The van der Waals surface area contributed by atoms with E-state index < -0.39 is 0 Å². The van der Waals surface area contributed by atoms with Gasteiger partial charge in [0.2, 0.25) is 5.91 Å². The summed E-state index contributed by atoms with van der Waals surface area (Å²) in [5, 5.41) is 0. The van der Waals surface area contributed by atoms with Crippen LogP contribution in [0.1, 0.15) is 17.5 Å². The van der Waals surface area contributed by atoms with E-state index in [9.17, 15) is 9.59 Å². The lowest BCUT2D eigenvalue weighted by atomic mass is 9.98. The van der Waals surface area contributed by atoms with Crippen LogP contribution in [0.2, 0.25) is 0 Å². The highest BCUT2D eigenvalue weighted by molar-refractivity contribution is 6.14. The molecule has 1 aliphatic rings. The summed E-state index contributed by atoms with van der Waals surface area (Å²) >= 11 is 0. The summed E-state index contributed by atoms with van der Waals surface area (Å²) in [6, 6.07) is 19.5. The zero-order chi connectivity index (χ0) is 18.4. The monoisotopic (exact) mass is 343 g/mol. The highest BCUT2D eigenvalue weighted by atomic mass is 16.2. The number of hydrogen-bond acceptors (Lipinski definition) is 2. The van der Waals surface area contributed by atoms with Crippen LogP contribution in [0.3, 0.4) is 0 Å².